The molecule has 6 aromatic carbocycles. The van der Waals surface area contributed by atoms with Crippen LogP contribution in [0.2, 0.25) is 0 Å². The predicted molar refractivity (Wildman–Crippen MR) is 181 cm³/mol. The van der Waals surface area contributed by atoms with Gasteiger partial charge in [-0.3, -0.25) is 0 Å². The Morgan fingerprint density at radius 1 is 0.558 bits per heavy atom. The third-order valence-corrected chi connectivity index (χ3v) is 8.49. The van der Waals surface area contributed by atoms with Crippen LogP contribution in [0.3, 0.4) is 0 Å². The minimum atomic E-state index is -0.431. The van der Waals surface area contributed by atoms with Gasteiger partial charge in [-0.1, -0.05) is 95.9 Å². The van der Waals surface area contributed by atoms with Gasteiger partial charge in [0.2, 0.25) is 0 Å². The molecule has 0 aliphatic rings. The molecule has 4 nitrogen and oxygen atoms in total. The number of aromatic hydroxyl groups is 2. The first-order valence-corrected chi connectivity index (χ1v) is 13.9. The van der Waals surface area contributed by atoms with Crippen LogP contribution in [0.4, 0.5) is 0 Å². The van der Waals surface area contributed by atoms with E-state index in [2.05, 4.69) is 58.1 Å². The first-order valence-electron chi connectivity index (χ1n) is 13.9. The summed E-state index contributed by atoms with van der Waals surface area (Å²) in [6.45, 7) is 0. The van der Waals surface area contributed by atoms with Gasteiger partial charge in [0.25, 0.3) is 0 Å². The number of hydrogen-bond acceptors (Lipinski definition) is 2. The van der Waals surface area contributed by atoms with E-state index in [0.29, 0.717) is 5.56 Å². The van der Waals surface area contributed by atoms with Crippen molar-refractivity contribution in [2.45, 2.75) is 0 Å². The number of nitrogens with zero attached hydrogens (tertiary/aromatic N) is 1. The van der Waals surface area contributed by atoms with Gasteiger partial charge < -0.3 is 19.8 Å². The third kappa shape index (κ3) is 3.61. The van der Waals surface area contributed by atoms with Crippen molar-refractivity contribution in [1.29, 1.82) is 0 Å². The molecule has 0 fully saturated rings. The van der Waals surface area contributed by atoms with E-state index in [1.807, 2.05) is 60.7 Å². The van der Waals surface area contributed by atoms with Crippen molar-refractivity contribution in [2.24, 2.45) is 0 Å². The second kappa shape index (κ2) is 9.37. The zero-order valence-corrected chi connectivity index (χ0v) is 23.0. The summed E-state index contributed by atoms with van der Waals surface area (Å²) in [6, 6.07) is 36.9. The van der Waals surface area contributed by atoms with Crippen molar-refractivity contribution < 1.29 is 10.2 Å². The molecule has 3 N–H and O–H groups in total. The van der Waals surface area contributed by atoms with Crippen molar-refractivity contribution >= 4 is 83.5 Å². The third-order valence-electron chi connectivity index (χ3n) is 8.49. The fourth-order valence-electron chi connectivity index (χ4n) is 6.44. The molecule has 6 radical (unpaired) electrons. The molecule has 0 atom stereocenters. The summed E-state index contributed by atoms with van der Waals surface area (Å²) in [7, 11) is 18.8. The number of H-pyrrole nitrogens is 1. The number of nitrogens with one attached hydrogen (secondary N) is 1. The number of phenolic OH excluding ortho intramolecular Hbond substituents is 2. The van der Waals surface area contributed by atoms with Crippen LogP contribution in [0.25, 0.3) is 71.6 Å². The van der Waals surface area contributed by atoms with Gasteiger partial charge in [0.05, 0.1) is 16.6 Å². The molecule has 0 aliphatic carbocycles. The Morgan fingerprint density at radius 2 is 1.26 bits per heavy atom. The first-order chi connectivity index (χ1) is 20.9. The first kappa shape index (κ1) is 25.4. The fraction of sp³-hybridized carbons (Fsp3) is 0. The highest BCUT2D eigenvalue weighted by molar-refractivity contribution is 6.55. The lowest BCUT2D eigenvalue weighted by Crippen LogP contribution is -2.33. The van der Waals surface area contributed by atoms with E-state index in [-0.39, 0.29) is 27.7 Å². The largest absolute Gasteiger partial charge is 0.509 e. The van der Waals surface area contributed by atoms with Crippen LogP contribution < -0.4 is 16.4 Å². The van der Waals surface area contributed by atoms with Gasteiger partial charge in [0.1, 0.15) is 35.0 Å². The lowest BCUT2D eigenvalue weighted by atomic mass is 9.70. The molecule has 2 aromatic heterocycles. The standard InChI is InChI=1S/C36H21B3N2O2/c37-30-29(35(42)32(39)36(43)31(30)38)26-18-20(14-15-21(26)19-8-2-1-3-9-19)41-28-13-7-5-11-23(28)25-17-16-24-22-10-4-6-12-27(22)40-33(24)34(25)41/h1-18,40,42-43H. The Bertz CT molecular complexity index is 2380. The van der Waals surface area contributed by atoms with Crippen molar-refractivity contribution in [2.75, 3.05) is 0 Å². The second-order valence-corrected chi connectivity index (χ2v) is 10.8. The second-order valence-electron chi connectivity index (χ2n) is 10.8. The Kier molecular flexibility index (Phi) is 5.54. The van der Waals surface area contributed by atoms with E-state index < -0.39 is 5.75 Å². The summed E-state index contributed by atoms with van der Waals surface area (Å²) >= 11 is 0. The van der Waals surface area contributed by atoms with Crippen LogP contribution in [-0.4, -0.2) is 43.3 Å². The number of aromatic amines is 1. The highest BCUT2D eigenvalue weighted by Crippen LogP contribution is 2.41. The normalized spacial score (nSPS) is 11.7. The minimum absolute atomic E-state index is 0.0544. The minimum Gasteiger partial charge on any atom is -0.509 e. The van der Waals surface area contributed by atoms with Gasteiger partial charge in [-0.05, 0) is 46.4 Å². The Labute approximate surface area is 251 Å². The van der Waals surface area contributed by atoms with Crippen molar-refractivity contribution in [3.8, 4) is 39.4 Å². The highest BCUT2D eigenvalue weighted by atomic mass is 16.3. The molecule has 43 heavy (non-hydrogen) atoms. The zero-order valence-electron chi connectivity index (χ0n) is 23.0. The van der Waals surface area contributed by atoms with Gasteiger partial charge in [0.15, 0.2) is 0 Å². The summed E-state index contributed by atoms with van der Waals surface area (Å²) < 4.78 is 2.24. The van der Waals surface area contributed by atoms with Crippen molar-refractivity contribution in [1.82, 2.24) is 9.55 Å². The number of para-hydroxylation sites is 2. The van der Waals surface area contributed by atoms with Gasteiger partial charge >= 0.3 is 0 Å². The number of phenols is 2. The average molecular weight is 546 g/mol. The average Bonchev–Trinajstić information content (AvgIpc) is 3.59. The molecule has 196 valence electrons. The van der Waals surface area contributed by atoms with Crippen molar-refractivity contribution in [3.05, 3.63) is 109 Å². The zero-order chi connectivity index (χ0) is 29.4. The van der Waals surface area contributed by atoms with E-state index in [0.717, 1.165) is 60.4 Å². The van der Waals surface area contributed by atoms with Crippen LogP contribution in [-0.2, 0) is 0 Å². The molecule has 8 aromatic rings. The van der Waals surface area contributed by atoms with Crippen molar-refractivity contribution in [3.63, 3.8) is 0 Å². The predicted octanol–water partition coefficient (Wildman–Crippen LogP) is 5.54. The molecule has 0 bridgehead atoms. The maximum Gasteiger partial charge on any atom is 0.124 e. The maximum atomic E-state index is 11.3. The molecule has 0 saturated carbocycles. The number of fused-ring (bicyclic) bond motifs is 7. The Hall–Kier alpha value is -5.29. The molecule has 2 heterocycles. The summed E-state index contributed by atoms with van der Waals surface area (Å²) in [5.41, 5.74) is 7.43. The van der Waals surface area contributed by atoms with Crippen LogP contribution in [0.15, 0.2) is 109 Å². The summed E-state index contributed by atoms with van der Waals surface area (Å²) in [5.74, 6) is -0.751. The molecule has 0 saturated heterocycles. The number of rotatable bonds is 3. The van der Waals surface area contributed by atoms with Crippen LogP contribution >= 0.6 is 0 Å². The lowest BCUT2D eigenvalue weighted by Gasteiger charge is -2.21. The number of benzene rings is 6. The monoisotopic (exact) mass is 546 g/mol. The SMILES string of the molecule is [B]c1c([B])c(-c2cc(-n3c4ccccc4c4ccc5c6ccccc6[nH]c5c43)ccc2-c2ccccc2)c(O)c([B])c1O. The van der Waals surface area contributed by atoms with Crippen LogP contribution in [0.5, 0.6) is 11.5 Å². The topological polar surface area (TPSA) is 61.2 Å². The molecule has 0 spiro atoms. The lowest BCUT2D eigenvalue weighted by molar-refractivity contribution is 0.463. The van der Waals surface area contributed by atoms with Gasteiger partial charge in [-0.2, -0.15) is 0 Å². The summed E-state index contributed by atoms with van der Waals surface area (Å²) in [5, 5.41) is 26.2. The number of aromatic nitrogens is 2. The molecule has 0 aliphatic heterocycles. The molecular weight excluding hydrogens is 525 g/mol. The molecule has 0 amide bonds. The quantitative estimate of drug-likeness (QED) is 0.255. The highest BCUT2D eigenvalue weighted by Gasteiger charge is 2.22. The Balaban J connectivity index is 1.52. The smallest absolute Gasteiger partial charge is 0.124 e. The van der Waals surface area contributed by atoms with E-state index in [9.17, 15) is 10.2 Å². The summed E-state index contributed by atoms with van der Waals surface area (Å²) in [6.07, 6.45) is 0. The fourth-order valence-corrected chi connectivity index (χ4v) is 6.44. The molecule has 0 unspecified atom stereocenters. The van der Waals surface area contributed by atoms with Gasteiger partial charge in [0, 0.05) is 38.3 Å². The Morgan fingerprint density at radius 3 is 2.07 bits per heavy atom. The molecule has 7 heteroatoms. The molecule has 8 rings (SSSR count). The summed E-state index contributed by atoms with van der Waals surface area (Å²) in [4.78, 5) is 3.67. The van der Waals surface area contributed by atoms with Gasteiger partial charge in [-0.15, -0.1) is 0 Å². The van der Waals surface area contributed by atoms with Crippen LogP contribution in [0, 0.1) is 0 Å². The van der Waals surface area contributed by atoms with E-state index in [4.69, 9.17) is 23.5 Å². The maximum absolute atomic E-state index is 11.3. The van der Waals surface area contributed by atoms with Gasteiger partial charge in [-0.25, -0.2) is 0 Å². The van der Waals surface area contributed by atoms with E-state index >= 15 is 0 Å². The number of hydrogen-bond donors (Lipinski definition) is 3. The van der Waals surface area contributed by atoms with E-state index in [1.165, 1.54) is 0 Å². The van der Waals surface area contributed by atoms with E-state index in [1.54, 1.807) is 0 Å². The van der Waals surface area contributed by atoms with Crippen LogP contribution in [0.1, 0.15) is 0 Å². The molecular formula is C36H21B3N2O2.